The number of hydrogen-bond acceptors (Lipinski definition) is 6. The van der Waals surface area contributed by atoms with E-state index in [0.717, 1.165) is 37.1 Å². The first-order chi connectivity index (χ1) is 14.4. The number of morpholine rings is 1. The first kappa shape index (κ1) is 21.7. The molecule has 0 unspecified atom stereocenters. The van der Waals surface area contributed by atoms with Crippen LogP contribution < -0.4 is 0 Å². The zero-order valence-electron chi connectivity index (χ0n) is 17.2. The summed E-state index contributed by atoms with van der Waals surface area (Å²) in [6.45, 7) is 1.20. The molecule has 1 aliphatic heterocycles. The van der Waals surface area contributed by atoms with Crippen LogP contribution in [0.2, 0.25) is 5.02 Å². The van der Waals surface area contributed by atoms with Crippen LogP contribution in [-0.2, 0) is 21.0 Å². The molecule has 4 rings (SSSR count). The second-order valence-corrected chi connectivity index (χ2v) is 11.2. The van der Waals surface area contributed by atoms with E-state index in [2.05, 4.69) is 27.1 Å². The molecule has 9 heteroatoms. The van der Waals surface area contributed by atoms with Crippen LogP contribution in [0.5, 0.6) is 0 Å². The molecule has 7 nitrogen and oxygen atoms in total. The minimum Gasteiger partial charge on any atom is -0.374 e. The van der Waals surface area contributed by atoms with Crippen LogP contribution in [0.3, 0.4) is 0 Å². The van der Waals surface area contributed by atoms with Crippen molar-refractivity contribution in [2.45, 2.75) is 56.3 Å². The number of benzene rings is 1. The van der Waals surface area contributed by atoms with Gasteiger partial charge < -0.3 is 4.74 Å². The Morgan fingerprint density at radius 1 is 1.13 bits per heavy atom. The monoisotopic (exact) mass is 452 g/mol. The molecule has 2 fully saturated rings. The molecule has 0 radical (unpaired) electrons. The third-order valence-electron chi connectivity index (χ3n) is 6.23. The Bertz CT molecular complexity index is 912. The van der Waals surface area contributed by atoms with Gasteiger partial charge in [0.2, 0.25) is 0 Å². The summed E-state index contributed by atoms with van der Waals surface area (Å²) in [5.41, 5.74) is 1.22. The molecule has 164 valence electrons. The van der Waals surface area contributed by atoms with E-state index in [1.165, 1.54) is 11.8 Å². The van der Waals surface area contributed by atoms with E-state index in [9.17, 15) is 8.42 Å². The quantitative estimate of drug-likeness (QED) is 0.670. The zero-order chi connectivity index (χ0) is 21.1. The van der Waals surface area contributed by atoms with Gasteiger partial charge in [0.15, 0.2) is 0 Å². The average molecular weight is 453 g/mol. The fraction of sp³-hybridized carbons (Fsp3) is 0.619. The maximum Gasteiger partial charge on any atom is 0.150 e. The highest BCUT2D eigenvalue weighted by atomic mass is 35.5. The molecule has 1 aliphatic carbocycles. The van der Waals surface area contributed by atoms with Gasteiger partial charge in [-0.15, -0.1) is 0 Å². The summed E-state index contributed by atoms with van der Waals surface area (Å²) in [5.74, 6) is 0.0749. The lowest BCUT2D eigenvalue weighted by Crippen LogP contribution is -2.56. The Balaban J connectivity index is 1.46. The van der Waals surface area contributed by atoms with Gasteiger partial charge in [-0.2, -0.15) is 5.10 Å². The molecule has 1 saturated carbocycles. The number of halogens is 1. The Kier molecular flexibility index (Phi) is 6.77. The fourth-order valence-corrected chi connectivity index (χ4v) is 5.80. The van der Waals surface area contributed by atoms with Crippen molar-refractivity contribution >= 4 is 21.4 Å². The number of sulfone groups is 1. The molecule has 30 heavy (non-hydrogen) atoms. The maximum atomic E-state index is 11.8. The smallest absolute Gasteiger partial charge is 0.150 e. The molecule has 2 aromatic rings. The summed E-state index contributed by atoms with van der Waals surface area (Å²) in [6.07, 6.45) is 9.49. The zero-order valence-corrected chi connectivity index (χ0v) is 18.8. The highest BCUT2D eigenvalue weighted by molar-refractivity contribution is 7.90. The lowest BCUT2D eigenvalue weighted by molar-refractivity contribution is -0.0765. The normalized spacial score (nSPS) is 28.5. The number of aromatic nitrogens is 3. The number of rotatable bonds is 6. The molecule has 1 saturated heterocycles. The van der Waals surface area contributed by atoms with E-state index in [-0.39, 0.29) is 17.9 Å². The van der Waals surface area contributed by atoms with Crippen LogP contribution in [0.1, 0.15) is 37.3 Å². The molecule has 0 amide bonds. The molecule has 1 aromatic heterocycles. The lowest BCUT2D eigenvalue weighted by atomic mass is 9.88. The van der Waals surface area contributed by atoms with Crippen LogP contribution in [0, 0.1) is 0 Å². The molecule has 1 aromatic carbocycles. The third-order valence-corrected chi connectivity index (χ3v) is 7.46. The van der Waals surface area contributed by atoms with E-state index in [1.807, 2.05) is 16.8 Å². The first-order valence-corrected chi connectivity index (χ1v) is 12.9. The predicted molar refractivity (Wildman–Crippen MR) is 116 cm³/mol. The van der Waals surface area contributed by atoms with Crippen LogP contribution in [0.4, 0.5) is 0 Å². The molecule has 2 aliphatic rings. The summed E-state index contributed by atoms with van der Waals surface area (Å²) in [6, 6.07) is 9.01. The maximum absolute atomic E-state index is 11.8. The molecule has 2 heterocycles. The summed E-state index contributed by atoms with van der Waals surface area (Å²) in [4.78, 5) is 6.58. The topological polar surface area (TPSA) is 77.3 Å². The van der Waals surface area contributed by atoms with Crippen molar-refractivity contribution in [3.8, 4) is 0 Å². The van der Waals surface area contributed by atoms with Gasteiger partial charge in [-0.1, -0.05) is 23.7 Å². The minimum absolute atomic E-state index is 0.0749. The Morgan fingerprint density at radius 2 is 1.83 bits per heavy atom. The van der Waals surface area contributed by atoms with Crippen LogP contribution >= 0.6 is 11.6 Å². The van der Waals surface area contributed by atoms with E-state index >= 15 is 0 Å². The molecular weight excluding hydrogens is 424 g/mol. The highest BCUT2D eigenvalue weighted by Crippen LogP contribution is 2.33. The summed E-state index contributed by atoms with van der Waals surface area (Å²) < 4.78 is 31.6. The van der Waals surface area contributed by atoms with Crippen molar-refractivity contribution in [2.24, 2.45) is 0 Å². The van der Waals surface area contributed by atoms with Gasteiger partial charge in [-0.05, 0) is 49.8 Å². The number of nitrogens with zero attached hydrogens (tertiary/aromatic N) is 4. The van der Waals surface area contributed by atoms with E-state index in [1.54, 1.807) is 12.7 Å². The van der Waals surface area contributed by atoms with Crippen molar-refractivity contribution < 1.29 is 13.2 Å². The first-order valence-electron chi connectivity index (χ1n) is 10.5. The summed E-state index contributed by atoms with van der Waals surface area (Å²) >= 11 is 6.04. The molecule has 0 N–H and O–H groups in total. The van der Waals surface area contributed by atoms with Crippen LogP contribution in [-0.4, -0.2) is 71.4 Å². The largest absolute Gasteiger partial charge is 0.374 e. The lowest BCUT2D eigenvalue weighted by Gasteiger charge is -2.46. The second-order valence-electron chi connectivity index (χ2n) is 8.57. The van der Waals surface area contributed by atoms with Crippen molar-refractivity contribution in [2.75, 3.05) is 25.2 Å². The predicted octanol–water partition coefficient (Wildman–Crippen LogP) is 2.77. The van der Waals surface area contributed by atoms with Crippen molar-refractivity contribution in [1.29, 1.82) is 0 Å². The molecular formula is C21H29ClN4O3S. The highest BCUT2D eigenvalue weighted by Gasteiger charge is 2.37. The second kappa shape index (κ2) is 9.34. The summed E-state index contributed by atoms with van der Waals surface area (Å²) in [5, 5.41) is 5.03. The van der Waals surface area contributed by atoms with Gasteiger partial charge >= 0.3 is 0 Å². The number of ether oxygens (including phenoxy) is 1. The van der Waals surface area contributed by atoms with Gasteiger partial charge in [0.25, 0.3) is 0 Å². The van der Waals surface area contributed by atoms with E-state index in [0.29, 0.717) is 25.2 Å². The van der Waals surface area contributed by atoms with Gasteiger partial charge in [0.1, 0.15) is 22.5 Å². The average Bonchev–Trinajstić information content (AvgIpc) is 3.25. The SMILES string of the molecule is CS(=O)(=O)C[C@H]1CN(C2CCC(n3cncn3)CC2)[C@H](Cc2ccc(Cl)cc2)CO1. The van der Waals surface area contributed by atoms with Crippen molar-refractivity contribution in [1.82, 2.24) is 19.7 Å². The minimum atomic E-state index is -3.08. The van der Waals surface area contributed by atoms with Crippen LogP contribution in [0.25, 0.3) is 0 Å². The van der Waals surface area contributed by atoms with Crippen molar-refractivity contribution in [3.63, 3.8) is 0 Å². The Morgan fingerprint density at radius 3 is 2.47 bits per heavy atom. The Labute approximate surface area is 183 Å². The van der Waals surface area contributed by atoms with Gasteiger partial charge in [0.05, 0.1) is 24.5 Å². The van der Waals surface area contributed by atoms with Crippen LogP contribution in [0.15, 0.2) is 36.9 Å². The third kappa shape index (κ3) is 5.60. The van der Waals surface area contributed by atoms with Crippen molar-refractivity contribution in [3.05, 3.63) is 47.5 Å². The standard InChI is InChI=1S/C21H29ClN4O3S/c1-30(27,28)13-21-11-25(18-6-8-19(9-7-18)26-15-23-14-24-26)20(12-29-21)10-16-2-4-17(22)5-3-16/h2-5,14-15,18-21H,6-13H2,1H3/t18?,19?,20-,21-/m1/s1. The molecule has 0 bridgehead atoms. The van der Waals surface area contributed by atoms with E-state index in [4.69, 9.17) is 16.3 Å². The number of hydrogen-bond donors (Lipinski definition) is 0. The molecule has 0 spiro atoms. The Hall–Kier alpha value is -1.48. The fourth-order valence-electron chi connectivity index (χ4n) is 4.79. The van der Waals surface area contributed by atoms with Gasteiger partial charge in [0, 0.05) is 29.9 Å². The van der Waals surface area contributed by atoms with Gasteiger partial charge in [-0.25, -0.2) is 18.1 Å². The molecule has 2 atom stereocenters. The van der Waals surface area contributed by atoms with Gasteiger partial charge in [-0.3, -0.25) is 4.90 Å². The summed E-state index contributed by atoms with van der Waals surface area (Å²) in [7, 11) is -3.08. The van der Waals surface area contributed by atoms with E-state index < -0.39 is 9.84 Å².